The van der Waals surface area contributed by atoms with E-state index in [9.17, 15) is 45.6 Å². The standard InChI is InChI=1S/C75H143NO13/c1-3-5-7-9-11-13-15-17-19-20-21-22-23-24-25-26-27-28-29-30-31-32-33-34-35-36-37-38-39-40-41-42-43-45-47-49-51-53-55-57-59-67(80)76-63(64(79)58-56-54-52-50-48-46-44-18-16-14-12-10-8-6-4-2)62-86-74-72(85)70(83)73(66(61-78)88-74)89-75-71(84)69(82)68(81)65(60-77)87-75/h48,50,56,58,63-66,68-75,77-79,81-85H,3-47,49,51-55,57,59-62H2,1-2H3,(H,76,80)/b50-48+,58-56+. The topological polar surface area (TPSA) is 228 Å². The smallest absolute Gasteiger partial charge is 0.220 e. The van der Waals surface area contributed by atoms with Crippen LogP contribution in [-0.4, -0.2) is 140 Å². The molecule has 2 aliphatic heterocycles. The molecular weight excluding hydrogens is 1120 g/mol. The summed E-state index contributed by atoms with van der Waals surface area (Å²) in [6.07, 6.45) is 60.1. The number of amides is 1. The summed E-state index contributed by atoms with van der Waals surface area (Å²) in [7, 11) is 0. The molecule has 9 N–H and O–H groups in total. The Morgan fingerprint density at radius 3 is 1.10 bits per heavy atom. The molecule has 0 radical (unpaired) electrons. The largest absolute Gasteiger partial charge is 0.394 e. The normalized spacial score (nSPS) is 23.1. The van der Waals surface area contributed by atoms with Crippen molar-refractivity contribution in [3.63, 3.8) is 0 Å². The van der Waals surface area contributed by atoms with Crippen molar-refractivity contribution in [1.29, 1.82) is 0 Å². The Hall–Kier alpha value is -1.53. The third kappa shape index (κ3) is 44.0. The maximum absolute atomic E-state index is 13.3. The second kappa shape index (κ2) is 60.2. The maximum atomic E-state index is 13.3. The van der Waals surface area contributed by atoms with Crippen molar-refractivity contribution in [1.82, 2.24) is 5.32 Å². The predicted octanol–water partition coefficient (Wildman–Crippen LogP) is 16.3. The van der Waals surface area contributed by atoms with E-state index >= 15 is 0 Å². The first-order valence-electron chi connectivity index (χ1n) is 38.1. The molecule has 2 fully saturated rings. The number of unbranched alkanes of at least 4 members (excludes halogenated alkanes) is 49. The third-order valence-corrected chi connectivity index (χ3v) is 18.9. The van der Waals surface area contributed by atoms with E-state index in [4.69, 9.17) is 18.9 Å². The van der Waals surface area contributed by atoms with Gasteiger partial charge in [-0.15, -0.1) is 0 Å². The second-order valence-corrected chi connectivity index (χ2v) is 27.1. The molecule has 14 nitrogen and oxygen atoms in total. The number of allylic oxidation sites excluding steroid dienone is 3. The van der Waals surface area contributed by atoms with Crippen LogP contribution in [0.25, 0.3) is 0 Å². The lowest BCUT2D eigenvalue weighted by Crippen LogP contribution is -2.65. The summed E-state index contributed by atoms with van der Waals surface area (Å²) in [5.74, 6) is -0.242. The van der Waals surface area contributed by atoms with Crippen LogP contribution >= 0.6 is 0 Å². The molecule has 0 aromatic rings. The molecule has 0 aliphatic carbocycles. The van der Waals surface area contributed by atoms with Gasteiger partial charge in [-0.3, -0.25) is 4.79 Å². The highest BCUT2D eigenvalue weighted by molar-refractivity contribution is 5.76. The lowest BCUT2D eigenvalue weighted by atomic mass is 9.97. The molecule has 12 atom stereocenters. The van der Waals surface area contributed by atoms with Gasteiger partial charge in [-0.25, -0.2) is 0 Å². The van der Waals surface area contributed by atoms with Crippen molar-refractivity contribution in [3.8, 4) is 0 Å². The Morgan fingerprint density at radius 1 is 0.393 bits per heavy atom. The van der Waals surface area contributed by atoms with Crippen LogP contribution in [0.4, 0.5) is 0 Å². The van der Waals surface area contributed by atoms with Crippen LogP contribution < -0.4 is 5.32 Å². The Labute approximate surface area is 545 Å². The van der Waals surface area contributed by atoms with Gasteiger partial charge in [0, 0.05) is 6.42 Å². The number of ether oxygens (including phenoxy) is 4. The fourth-order valence-electron chi connectivity index (χ4n) is 12.8. The number of carbonyl (C=O) groups is 1. The number of rotatable bonds is 64. The average Bonchev–Trinajstić information content (AvgIpc) is 2.83. The first kappa shape index (κ1) is 83.6. The summed E-state index contributed by atoms with van der Waals surface area (Å²) < 4.78 is 22.8. The zero-order chi connectivity index (χ0) is 64.5. The minimum absolute atomic E-state index is 0.242. The third-order valence-electron chi connectivity index (χ3n) is 18.9. The van der Waals surface area contributed by atoms with E-state index in [1.807, 2.05) is 6.08 Å². The number of aliphatic hydroxyl groups excluding tert-OH is 8. The van der Waals surface area contributed by atoms with Gasteiger partial charge in [-0.05, 0) is 32.1 Å². The summed E-state index contributed by atoms with van der Waals surface area (Å²) in [6, 6.07) is -0.929. The van der Waals surface area contributed by atoms with Crippen LogP contribution in [-0.2, 0) is 23.7 Å². The summed E-state index contributed by atoms with van der Waals surface area (Å²) in [5.41, 5.74) is 0. The van der Waals surface area contributed by atoms with Gasteiger partial charge in [0.05, 0.1) is 32.0 Å². The molecule has 2 heterocycles. The highest BCUT2D eigenvalue weighted by Gasteiger charge is 2.51. The second-order valence-electron chi connectivity index (χ2n) is 27.1. The van der Waals surface area contributed by atoms with Crippen LogP contribution in [0.1, 0.15) is 354 Å². The number of aliphatic hydroxyl groups is 8. The molecule has 0 aromatic heterocycles. The molecule has 0 spiro atoms. The molecular formula is C75H143NO13. The minimum atomic E-state index is -1.79. The molecule has 2 aliphatic rings. The van der Waals surface area contributed by atoms with Crippen LogP contribution in [0.2, 0.25) is 0 Å². The van der Waals surface area contributed by atoms with E-state index in [-0.39, 0.29) is 18.9 Å². The molecule has 2 rings (SSSR count). The number of hydrogen-bond donors (Lipinski definition) is 9. The van der Waals surface area contributed by atoms with E-state index in [2.05, 4.69) is 31.3 Å². The van der Waals surface area contributed by atoms with E-state index in [0.717, 1.165) is 32.1 Å². The number of hydrogen-bond acceptors (Lipinski definition) is 13. The lowest BCUT2D eigenvalue weighted by Gasteiger charge is -2.46. The average molecular weight is 1270 g/mol. The van der Waals surface area contributed by atoms with Gasteiger partial charge < -0.3 is 65.1 Å². The van der Waals surface area contributed by atoms with Gasteiger partial charge in [-0.2, -0.15) is 0 Å². The van der Waals surface area contributed by atoms with E-state index in [0.29, 0.717) is 12.8 Å². The van der Waals surface area contributed by atoms with Crippen molar-refractivity contribution in [2.75, 3.05) is 19.8 Å². The van der Waals surface area contributed by atoms with Gasteiger partial charge in [0.1, 0.15) is 48.8 Å². The number of carbonyl (C=O) groups excluding carboxylic acids is 1. The first-order valence-corrected chi connectivity index (χ1v) is 38.1. The van der Waals surface area contributed by atoms with Crippen LogP contribution in [0.3, 0.4) is 0 Å². The minimum Gasteiger partial charge on any atom is -0.394 e. The summed E-state index contributed by atoms with van der Waals surface area (Å²) >= 11 is 0. The molecule has 89 heavy (non-hydrogen) atoms. The summed E-state index contributed by atoms with van der Waals surface area (Å²) in [6.45, 7) is 2.82. The van der Waals surface area contributed by atoms with E-state index < -0.39 is 86.8 Å². The van der Waals surface area contributed by atoms with Gasteiger partial charge >= 0.3 is 0 Å². The summed E-state index contributed by atoms with van der Waals surface area (Å²) in [5, 5.41) is 87.3. The van der Waals surface area contributed by atoms with E-state index in [1.54, 1.807) is 6.08 Å². The van der Waals surface area contributed by atoms with Gasteiger partial charge in [0.2, 0.25) is 5.91 Å². The molecule has 1 amide bonds. The predicted molar refractivity (Wildman–Crippen MR) is 365 cm³/mol. The first-order chi connectivity index (χ1) is 43.6. The zero-order valence-electron chi connectivity index (χ0n) is 57.5. The zero-order valence-corrected chi connectivity index (χ0v) is 57.5. The van der Waals surface area contributed by atoms with Gasteiger partial charge in [-0.1, -0.05) is 340 Å². The highest BCUT2D eigenvalue weighted by atomic mass is 16.7. The van der Waals surface area contributed by atoms with Crippen LogP contribution in [0.5, 0.6) is 0 Å². The Bertz CT molecular complexity index is 1590. The molecule has 2 saturated heterocycles. The Kier molecular flexibility index (Phi) is 56.5. The quantitative estimate of drug-likeness (QED) is 0.0204. The Balaban J connectivity index is 1.54. The molecule has 0 saturated carbocycles. The van der Waals surface area contributed by atoms with Crippen molar-refractivity contribution >= 4 is 5.91 Å². The Morgan fingerprint density at radius 2 is 0.719 bits per heavy atom. The fraction of sp³-hybridized carbons (Fsp3) is 0.933. The molecule has 14 heteroatoms. The van der Waals surface area contributed by atoms with Crippen molar-refractivity contribution in [2.24, 2.45) is 0 Å². The van der Waals surface area contributed by atoms with Gasteiger partial charge in [0.15, 0.2) is 12.6 Å². The molecule has 0 bridgehead atoms. The van der Waals surface area contributed by atoms with Crippen LogP contribution in [0.15, 0.2) is 24.3 Å². The highest BCUT2D eigenvalue weighted by Crippen LogP contribution is 2.30. The monoisotopic (exact) mass is 1270 g/mol. The SMILES string of the molecule is CCCCCCCCCCC/C=C/CC/C=C/C(O)C(COC1OC(CO)C(OC2OC(CO)C(O)C(O)C2O)C(O)C1O)NC(=O)CCCCCCCCCCCCCCCCCCCCCCCCCCCCCCCCCCCCCCCCCC. The van der Waals surface area contributed by atoms with Crippen molar-refractivity contribution in [3.05, 3.63) is 24.3 Å². The fourth-order valence-corrected chi connectivity index (χ4v) is 12.8. The molecule has 0 aromatic carbocycles. The van der Waals surface area contributed by atoms with E-state index in [1.165, 1.54) is 289 Å². The van der Waals surface area contributed by atoms with Crippen molar-refractivity contribution in [2.45, 2.75) is 428 Å². The molecule has 526 valence electrons. The number of nitrogens with one attached hydrogen (secondary N) is 1. The summed E-state index contributed by atoms with van der Waals surface area (Å²) in [4.78, 5) is 13.3. The van der Waals surface area contributed by atoms with Crippen molar-refractivity contribution < 1.29 is 64.6 Å². The van der Waals surface area contributed by atoms with Crippen LogP contribution in [0, 0.1) is 0 Å². The molecule has 12 unspecified atom stereocenters. The van der Waals surface area contributed by atoms with Gasteiger partial charge in [0.25, 0.3) is 0 Å². The lowest BCUT2D eigenvalue weighted by molar-refractivity contribution is -0.359. The maximum Gasteiger partial charge on any atom is 0.220 e.